The van der Waals surface area contributed by atoms with E-state index in [-0.39, 0.29) is 24.1 Å². The minimum Gasteiger partial charge on any atom is -0.355 e. The van der Waals surface area contributed by atoms with Crippen LogP contribution in [0.1, 0.15) is 18.4 Å². The second-order valence-electron chi connectivity index (χ2n) is 7.28. The van der Waals surface area contributed by atoms with Gasteiger partial charge < -0.3 is 15.1 Å². The Balaban J connectivity index is 1.59. The van der Waals surface area contributed by atoms with Gasteiger partial charge in [0, 0.05) is 38.2 Å². The van der Waals surface area contributed by atoms with Gasteiger partial charge in [-0.05, 0) is 31.0 Å². The summed E-state index contributed by atoms with van der Waals surface area (Å²) in [5, 5.41) is 1.93. The van der Waals surface area contributed by atoms with Gasteiger partial charge in [-0.1, -0.05) is 11.6 Å². The topological polar surface area (TPSA) is 78.4 Å². The van der Waals surface area contributed by atoms with E-state index in [9.17, 15) is 22.8 Å². The van der Waals surface area contributed by atoms with Crippen molar-refractivity contribution in [1.29, 1.82) is 0 Å². The summed E-state index contributed by atoms with van der Waals surface area (Å²) in [5.41, 5.74) is -1.09. The number of likely N-dealkylation sites (N-methyl/N-ethyl adjacent to an activating group) is 1. The molecule has 1 aliphatic rings. The van der Waals surface area contributed by atoms with Gasteiger partial charge in [0.1, 0.15) is 5.82 Å². The van der Waals surface area contributed by atoms with Crippen molar-refractivity contribution in [2.45, 2.75) is 19.0 Å². The highest BCUT2D eigenvalue weighted by Gasteiger charge is 2.34. The predicted octanol–water partition coefficient (Wildman–Crippen LogP) is 3.46. The number of alkyl halides is 3. The van der Waals surface area contributed by atoms with E-state index in [1.54, 1.807) is 18.6 Å². The van der Waals surface area contributed by atoms with Crippen LogP contribution in [-0.4, -0.2) is 53.4 Å². The fourth-order valence-electron chi connectivity index (χ4n) is 3.47. The normalized spacial score (nSPS) is 16.7. The first-order chi connectivity index (χ1) is 14.6. The molecule has 2 heterocycles. The van der Waals surface area contributed by atoms with Crippen molar-refractivity contribution < 1.29 is 22.8 Å². The van der Waals surface area contributed by atoms with Crippen molar-refractivity contribution in [3.63, 3.8) is 0 Å². The number of hydrogen-bond acceptors (Lipinski definition) is 5. The van der Waals surface area contributed by atoms with Gasteiger partial charge in [-0.25, -0.2) is 4.98 Å². The Morgan fingerprint density at radius 2 is 2.10 bits per heavy atom. The van der Waals surface area contributed by atoms with Crippen molar-refractivity contribution in [2.24, 2.45) is 5.92 Å². The first-order valence-electron chi connectivity index (χ1n) is 9.57. The zero-order chi connectivity index (χ0) is 22.6. The fraction of sp³-hybridized carbons (Fsp3) is 0.400. The number of nitrogens with zero attached hydrogens (tertiary/aromatic N) is 4. The molecule has 3 rings (SSSR count). The van der Waals surface area contributed by atoms with Crippen molar-refractivity contribution in [3.8, 4) is 0 Å². The molecule has 0 unspecified atom stereocenters. The number of anilines is 2. The number of piperidine rings is 1. The van der Waals surface area contributed by atoms with Crippen LogP contribution in [0.3, 0.4) is 0 Å². The third-order valence-corrected chi connectivity index (χ3v) is 5.29. The molecular formula is C20H21ClF3N5O2. The lowest BCUT2D eigenvalue weighted by Crippen LogP contribution is -2.45. The summed E-state index contributed by atoms with van der Waals surface area (Å²) in [6.45, 7) is 0.921. The molecule has 31 heavy (non-hydrogen) atoms. The van der Waals surface area contributed by atoms with E-state index in [0.717, 1.165) is 25.1 Å². The molecule has 0 bridgehead atoms. The summed E-state index contributed by atoms with van der Waals surface area (Å²) in [6, 6.07) is 3.11. The van der Waals surface area contributed by atoms with Gasteiger partial charge in [0.05, 0.1) is 29.2 Å². The van der Waals surface area contributed by atoms with Gasteiger partial charge in [0.15, 0.2) is 0 Å². The van der Waals surface area contributed by atoms with E-state index >= 15 is 0 Å². The molecule has 1 aliphatic heterocycles. The fourth-order valence-corrected chi connectivity index (χ4v) is 3.69. The van der Waals surface area contributed by atoms with Crippen molar-refractivity contribution in [1.82, 2.24) is 14.9 Å². The average molecular weight is 456 g/mol. The van der Waals surface area contributed by atoms with Crippen molar-refractivity contribution >= 4 is 34.9 Å². The molecule has 1 N–H and O–H groups in total. The third kappa shape index (κ3) is 5.84. The molecule has 0 aliphatic carbocycles. The maximum absolute atomic E-state index is 13.0. The first-order valence-corrected chi connectivity index (χ1v) is 9.95. The van der Waals surface area contributed by atoms with Gasteiger partial charge in [-0.2, -0.15) is 13.2 Å². The molecular weight excluding hydrogens is 435 g/mol. The smallest absolute Gasteiger partial charge is 0.355 e. The molecule has 166 valence electrons. The van der Waals surface area contributed by atoms with E-state index in [1.807, 2.05) is 4.90 Å². The van der Waals surface area contributed by atoms with E-state index in [1.165, 1.54) is 18.0 Å². The second-order valence-corrected chi connectivity index (χ2v) is 7.69. The molecule has 1 aromatic heterocycles. The average Bonchev–Trinajstić information content (AvgIpc) is 2.74. The number of halogens is 4. The second kappa shape index (κ2) is 9.51. The standard InChI is InChI=1S/C20H21ClF3N5O2/c1-28(12-18(30)27-14-4-5-16(21)15(9-14)20(22,23)24)19(31)13-3-2-8-29(11-13)17-10-25-6-7-26-17/h4-7,9-10,13H,2-3,8,11-12H2,1H3,(H,27,30)/t13-/m0/s1. The lowest BCUT2D eigenvalue weighted by molar-refractivity contribution is -0.137. The number of carbonyl (C=O) groups is 2. The molecule has 2 amide bonds. The van der Waals surface area contributed by atoms with E-state index < -0.39 is 22.7 Å². The largest absolute Gasteiger partial charge is 0.417 e. The van der Waals surface area contributed by atoms with Gasteiger partial charge in [0.2, 0.25) is 11.8 Å². The zero-order valence-electron chi connectivity index (χ0n) is 16.7. The summed E-state index contributed by atoms with van der Waals surface area (Å²) >= 11 is 5.59. The maximum Gasteiger partial charge on any atom is 0.417 e. The Hall–Kier alpha value is -2.88. The summed E-state index contributed by atoms with van der Waals surface area (Å²) < 4.78 is 38.9. The van der Waals surface area contributed by atoms with Crippen molar-refractivity contribution in [3.05, 3.63) is 47.4 Å². The molecule has 0 saturated carbocycles. The van der Waals surface area contributed by atoms with Crippen LogP contribution in [0, 0.1) is 5.92 Å². The number of amides is 2. The Bertz CT molecular complexity index is 942. The molecule has 1 fully saturated rings. The van der Waals surface area contributed by atoms with Crippen LogP contribution < -0.4 is 10.2 Å². The van der Waals surface area contributed by atoms with E-state index in [0.29, 0.717) is 18.8 Å². The van der Waals surface area contributed by atoms with Crippen LogP contribution in [-0.2, 0) is 15.8 Å². The van der Waals surface area contributed by atoms with Gasteiger partial charge in [-0.15, -0.1) is 0 Å². The van der Waals surface area contributed by atoms with Crippen LogP contribution in [0.25, 0.3) is 0 Å². The number of hydrogen-bond donors (Lipinski definition) is 1. The molecule has 7 nitrogen and oxygen atoms in total. The van der Waals surface area contributed by atoms with Gasteiger partial charge in [-0.3, -0.25) is 14.6 Å². The highest BCUT2D eigenvalue weighted by Crippen LogP contribution is 2.36. The van der Waals surface area contributed by atoms with Crippen LogP contribution in [0.15, 0.2) is 36.8 Å². The lowest BCUT2D eigenvalue weighted by atomic mass is 9.96. The quantitative estimate of drug-likeness (QED) is 0.747. The highest BCUT2D eigenvalue weighted by atomic mass is 35.5. The number of nitrogens with one attached hydrogen (secondary N) is 1. The Labute approximate surface area is 182 Å². The summed E-state index contributed by atoms with van der Waals surface area (Å²) in [6.07, 6.45) is 1.61. The predicted molar refractivity (Wildman–Crippen MR) is 110 cm³/mol. The molecule has 1 saturated heterocycles. The monoisotopic (exact) mass is 455 g/mol. The molecule has 11 heteroatoms. The highest BCUT2D eigenvalue weighted by molar-refractivity contribution is 6.31. The van der Waals surface area contributed by atoms with Gasteiger partial charge in [0.25, 0.3) is 0 Å². The lowest BCUT2D eigenvalue weighted by Gasteiger charge is -2.34. The molecule has 0 radical (unpaired) electrons. The van der Waals surface area contributed by atoms with E-state index in [4.69, 9.17) is 11.6 Å². The summed E-state index contributed by atoms with van der Waals surface area (Å²) in [5.74, 6) is -0.451. The summed E-state index contributed by atoms with van der Waals surface area (Å²) in [4.78, 5) is 36.6. The Morgan fingerprint density at radius 3 is 2.77 bits per heavy atom. The molecule has 1 atom stereocenters. The SMILES string of the molecule is CN(CC(=O)Nc1ccc(Cl)c(C(F)(F)F)c1)C(=O)[C@H]1CCCN(c2cnccn2)C1. The van der Waals surface area contributed by atoms with Crippen LogP contribution in [0.2, 0.25) is 5.02 Å². The molecule has 1 aromatic carbocycles. The molecule has 0 spiro atoms. The maximum atomic E-state index is 13.0. The minimum atomic E-state index is -4.64. The molecule has 2 aromatic rings. The Kier molecular flexibility index (Phi) is 6.99. The van der Waals surface area contributed by atoms with Crippen molar-refractivity contribution in [2.75, 3.05) is 36.9 Å². The minimum absolute atomic E-state index is 0.0472. The number of carbonyl (C=O) groups excluding carboxylic acids is 2. The third-order valence-electron chi connectivity index (χ3n) is 4.96. The number of benzene rings is 1. The number of rotatable bonds is 5. The van der Waals surface area contributed by atoms with E-state index in [2.05, 4.69) is 15.3 Å². The van der Waals surface area contributed by atoms with Crippen LogP contribution in [0.4, 0.5) is 24.7 Å². The van der Waals surface area contributed by atoms with Crippen LogP contribution in [0.5, 0.6) is 0 Å². The first kappa shape index (κ1) is 22.8. The van der Waals surface area contributed by atoms with Gasteiger partial charge >= 0.3 is 6.18 Å². The zero-order valence-corrected chi connectivity index (χ0v) is 17.5. The summed E-state index contributed by atoms with van der Waals surface area (Å²) in [7, 11) is 1.49. The Morgan fingerprint density at radius 1 is 1.32 bits per heavy atom. The number of aromatic nitrogens is 2. The van der Waals surface area contributed by atoms with Crippen LogP contribution >= 0.6 is 11.6 Å².